The molecular formula is C27H36N2O3. The largest absolute Gasteiger partial charge is 0.491 e. The monoisotopic (exact) mass is 436 g/mol. The SMILES string of the molecule is CC(=O)N(C)C1CCC2(CC1)CN(Cc1cccc(OC(C)C)c1)Cc1ccccc1O2. The number of ether oxygens (including phenoxy) is 2. The van der Waals surface area contributed by atoms with Crippen molar-refractivity contribution in [3.63, 3.8) is 0 Å². The number of hydrogen-bond donors (Lipinski definition) is 0. The minimum atomic E-state index is -0.216. The molecule has 0 unspecified atom stereocenters. The molecule has 0 saturated heterocycles. The molecule has 0 aromatic heterocycles. The highest BCUT2D eigenvalue weighted by atomic mass is 16.5. The third-order valence-electron chi connectivity index (χ3n) is 6.79. The van der Waals surface area contributed by atoms with Crippen molar-refractivity contribution in [1.82, 2.24) is 9.80 Å². The molecule has 4 rings (SSSR count). The van der Waals surface area contributed by atoms with Crippen LogP contribution in [0.4, 0.5) is 0 Å². The highest BCUT2D eigenvalue weighted by Crippen LogP contribution is 2.39. The molecule has 1 fully saturated rings. The lowest BCUT2D eigenvalue weighted by atomic mass is 9.81. The maximum absolute atomic E-state index is 11.9. The summed E-state index contributed by atoms with van der Waals surface area (Å²) in [5, 5.41) is 0. The lowest BCUT2D eigenvalue weighted by molar-refractivity contribution is -0.131. The van der Waals surface area contributed by atoms with Gasteiger partial charge in [-0.1, -0.05) is 30.3 Å². The molecule has 172 valence electrons. The van der Waals surface area contributed by atoms with Gasteiger partial charge >= 0.3 is 0 Å². The van der Waals surface area contributed by atoms with Gasteiger partial charge in [0.05, 0.1) is 6.10 Å². The Morgan fingerprint density at radius 1 is 1.19 bits per heavy atom. The van der Waals surface area contributed by atoms with Crippen LogP contribution in [0.3, 0.4) is 0 Å². The van der Waals surface area contributed by atoms with E-state index in [4.69, 9.17) is 9.47 Å². The third kappa shape index (κ3) is 5.26. The van der Waals surface area contributed by atoms with Crippen LogP contribution in [0.2, 0.25) is 0 Å². The first-order valence-corrected chi connectivity index (χ1v) is 11.8. The van der Waals surface area contributed by atoms with Crippen molar-refractivity contribution in [3.8, 4) is 11.5 Å². The molecular weight excluding hydrogens is 400 g/mol. The Hall–Kier alpha value is -2.53. The van der Waals surface area contributed by atoms with Gasteiger partial charge in [0.25, 0.3) is 0 Å². The van der Waals surface area contributed by atoms with Crippen molar-refractivity contribution < 1.29 is 14.3 Å². The van der Waals surface area contributed by atoms with E-state index in [1.165, 1.54) is 11.1 Å². The van der Waals surface area contributed by atoms with Gasteiger partial charge < -0.3 is 14.4 Å². The molecule has 1 saturated carbocycles. The first kappa shape index (κ1) is 22.7. The van der Waals surface area contributed by atoms with E-state index in [9.17, 15) is 4.79 Å². The van der Waals surface area contributed by atoms with Crippen LogP contribution in [-0.2, 0) is 17.9 Å². The quantitative estimate of drug-likeness (QED) is 0.659. The molecule has 1 amide bonds. The zero-order valence-corrected chi connectivity index (χ0v) is 19.8. The Morgan fingerprint density at radius 3 is 2.66 bits per heavy atom. The van der Waals surface area contributed by atoms with Gasteiger partial charge in [0.1, 0.15) is 17.1 Å². The highest BCUT2D eigenvalue weighted by Gasteiger charge is 2.42. The number of fused-ring (bicyclic) bond motifs is 1. The molecule has 0 N–H and O–H groups in total. The summed E-state index contributed by atoms with van der Waals surface area (Å²) in [5.74, 6) is 2.07. The summed E-state index contributed by atoms with van der Waals surface area (Å²) in [6, 6.07) is 17.2. The van der Waals surface area contributed by atoms with E-state index in [1.54, 1.807) is 6.92 Å². The normalized spacial score (nSPS) is 23.3. The molecule has 2 aromatic carbocycles. The number of carbonyl (C=O) groups is 1. The third-order valence-corrected chi connectivity index (χ3v) is 6.79. The number of para-hydroxylation sites is 1. The summed E-state index contributed by atoms with van der Waals surface area (Å²) in [6.45, 7) is 8.36. The van der Waals surface area contributed by atoms with Crippen LogP contribution in [0.5, 0.6) is 11.5 Å². The molecule has 32 heavy (non-hydrogen) atoms. The lowest BCUT2D eigenvalue weighted by Gasteiger charge is -2.43. The zero-order valence-electron chi connectivity index (χ0n) is 19.8. The maximum atomic E-state index is 11.9. The van der Waals surface area contributed by atoms with E-state index in [1.807, 2.05) is 18.0 Å². The van der Waals surface area contributed by atoms with E-state index < -0.39 is 0 Å². The molecule has 1 aliphatic heterocycles. The van der Waals surface area contributed by atoms with Gasteiger partial charge in [0.15, 0.2) is 0 Å². The van der Waals surface area contributed by atoms with E-state index >= 15 is 0 Å². The van der Waals surface area contributed by atoms with Crippen molar-refractivity contribution >= 4 is 5.91 Å². The van der Waals surface area contributed by atoms with Gasteiger partial charge in [-0.2, -0.15) is 0 Å². The fourth-order valence-corrected chi connectivity index (χ4v) is 5.10. The molecule has 5 heteroatoms. The van der Waals surface area contributed by atoms with Crippen LogP contribution in [-0.4, -0.2) is 47.0 Å². The van der Waals surface area contributed by atoms with Crippen LogP contribution in [0.25, 0.3) is 0 Å². The van der Waals surface area contributed by atoms with E-state index in [0.717, 1.165) is 56.8 Å². The second-order valence-corrected chi connectivity index (χ2v) is 9.71. The molecule has 0 bridgehead atoms. The fraction of sp³-hybridized carbons (Fsp3) is 0.519. The Labute approximate surface area is 192 Å². The topological polar surface area (TPSA) is 42.0 Å². The van der Waals surface area contributed by atoms with Crippen LogP contribution in [0, 0.1) is 0 Å². The summed E-state index contributed by atoms with van der Waals surface area (Å²) in [7, 11) is 1.92. The maximum Gasteiger partial charge on any atom is 0.219 e. The second kappa shape index (κ2) is 9.53. The van der Waals surface area contributed by atoms with E-state index in [0.29, 0.717) is 6.04 Å². The van der Waals surface area contributed by atoms with Crippen molar-refractivity contribution in [2.45, 2.75) is 77.3 Å². The van der Waals surface area contributed by atoms with Gasteiger partial charge in [0, 0.05) is 45.2 Å². The Balaban J connectivity index is 1.54. The molecule has 2 aromatic rings. The number of amides is 1. The molecule has 5 nitrogen and oxygen atoms in total. The minimum Gasteiger partial charge on any atom is -0.491 e. The van der Waals surface area contributed by atoms with Crippen molar-refractivity contribution in [1.29, 1.82) is 0 Å². The summed E-state index contributed by atoms with van der Waals surface area (Å²) in [5.41, 5.74) is 2.27. The van der Waals surface area contributed by atoms with Crippen LogP contribution >= 0.6 is 0 Å². The average molecular weight is 437 g/mol. The first-order valence-electron chi connectivity index (χ1n) is 11.8. The minimum absolute atomic E-state index is 0.142. The predicted octanol–water partition coefficient (Wildman–Crippen LogP) is 5.03. The van der Waals surface area contributed by atoms with Gasteiger partial charge in [-0.25, -0.2) is 0 Å². The second-order valence-electron chi connectivity index (χ2n) is 9.71. The predicted molar refractivity (Wildman–Crippen MR) is 127 cm³/mol. The van der Waals surface area contributed by atoms with Crippen molar-refractivity contribution in [3.05, 3.63) is 59.7 Å². The smallest absolute Gasteiger partial charge is 0.219 e. The average Bonchev–Trinajstić information content (AvgIpc) is 2.89. The van der Waals surface area contributed by atoms with Crippen LogP contribution in [0.15, 0.2) is 48.5 Å². The molecule has 0 atom stereocenters. The summed E-state index contributed by atoms with van der Waals surface area (Å²) in [4.78, 5) is 16.3. The fourth-order valence-electron chi connectivity index (χ4n) is 5.10. The van der Waals surface area contributed by atoms with Crippen molar-refractivity contribution in [2.75, 3.05) is 13.6 Å². The molecule has 1 spiro atoms. The number of nitrogens with zero attached hydrogens (tertiary/aromatic N) is 2. The summed E-state index contributed by atoms with van der Waals surface area (Å²) < 4.78 is 12.7. The van der Waals surface area contributed by atoms with Gasteiger partial charge in [-0.15, -0.1) is 0 Å². The number of rotatable bonds is 5. The molecule has 2 aliphatic rings. The summed E-state index contributed by atoms with van der Waals surface area (Å²) >= 11 is 0. The number of benzene rings is 2. The highest BCUT2D eigenvalue weighted by molar-refractivity contribution is 5.73. The molecule has 1 aliphatic carbocycles. The van der Waals surface area contributed by atoms with E-state index in [2.05, 4.69) is 61.2 Å². The van der Waals surface area contributed by atoms with E-state index in [-0.39, 0.29) is 17.6 Å². The first-order chi connectivity index (χ1) is 15.3. The summed E-state index contributed by atoms with van der Waals surface area (Å²) in [6.07, 6.45) is 4.02. The Kier molecular flexibility index (Phi) is 6.75. The van der Waals surface area contributed by atoms with Crippen molar-refractivity contribution in [2.24, 2.45) is 0 Å². The zero-order chi connectivity index (χ0) is 22.7. The van der Waals surface area contributed by atoms with Gasteiger partial charge in [0.2, 0.25) is 5.91 Å². The molecule has 1 heterocycles. The van der Waals surface area contributed by atoms with Gasteiger partial charge in [-0.05, 0) is 63.3 Å². The van der Waals surface area contributed by atoms with Gasteiger partial charge in [-0.3, -0.25) is 9.69 Å². The lowest BCUT2D eigenvalue weighted by Crippen LogP contribution is -2.51. The number of carbonyl (C=O) groups excluding carboxylic acids is 1. The van der Waals surface area contributed by atoms with Crippen LogP contribution < -0.4 is 9.47 Å². The number of hydrogen-bond acceptors (Lipinski definition) is 4. The molecule has 0 radical (unpaired) electrons. The van der Waals surface area contributed by atoms with Crippen LogP contribution in [0.1, 0.15) is 57.6 Å². The standard InChI is InChI=1S/C27H36N2O3/c1-20(2)31-25-10-7-8-22(16-25)17-29-18-23-9-5-6-11-26(23)32-27(19-29)14-12-24(13-15-27)28(4)21(3)30/h5-11,16,20,24H,12-15,17-19H2,1-4H3. The Morgan fingerprint density at radius 2 is 1.94 bits per heavy atom. The Bertz CT molecular complexity index is 934.